The Morgan fingerprint density at radius 1 is 1.24 bits per heavy atom. The number of benzene rings is 1. The molecule has 1 aromatic carbocycles. The zero-order valence-corrected chi connectivity index (χ0v) is 19.6. The van der Waals surface area contributed by atoms with Gasteiger partial charge in [-0.3, -0.25) is 10.1 Å². The monoisotopic (exact) mass is 465 g/mol. The van der Waals surface area contributed by atoms with Crippen molar-refractivity contribution < 1.29 is 14.3 Å². The maximum atomic E-state index is 11.9. The summed E-state index contributed by atoms with van der Waals surface area (Å²) in [5.74, 6) is 1.62. The Balaban J connectivity index is 1.50. The lowest BCUT2D eigenvalue weighted by Crippen LogP contribution is -2.34. The third-order valence-corrected chi connectivity index (χ3v) is 5.81. The van der Waals surface area contributed by atoms with E-state index in [1.54, 1.807) is 6.92 Å². The van der Waals surface area contributed by atoms with E-state index in [0.717, 1.165) is 11.1 Å². The third kappa shape index (κ3) is 5.03. The van der Waals surface area contributed by atoms with Crippen molar-refractivity contribution in [1.29, 1.82) is 0 Å². The van der Waals surface area contributed by atoms with Crippen LogP contribution in [-0.2, 0) is 0 Å². The van der Waals surface area contributed by atoms with Crippen molar-refractivity contribution in [1.82, 2.24) is 20.1 Å². The zero-order chi connectivity index (χ0) is 24.2. The van der Waals surface area contributed by atoms with Gasteiger partial charge in [0.25, 0.3) is 0 Å². The molecule has 3 aromatic rings. The van der Waals surface area contributed by atoms with Crippen LogP contribution >= 0.6 is 0 Å². The fourth-order valence-electron chi connectivity index (χ4n) is 3.76. The molecule has 0 N–H and O–H groups in total. The average Bonchev–Trinajstić information content (AvgIpc) is 3.33. The summed E-state index contributed by atoms with van der Waals surface area (Å²) in [6.07, 6.45) is 2.68. The second-order valence-electron chi connectivity index (χ2n) is 8.65. The number of rotatable bonds is 7. The van der Waals surface area contributed by atoms with Gasteiger partial charge in [-0.25, -0.2) is 4.98 Å². The number of nitro groups is 1. The molecular weight excluding hydrogens is 438 g/mol. The summed E-state index contributed by atoms with van der Waals surface area (Å²) in [7, 11) is 0. The van der Waals surface area contributed by atoms with Crippen LogP contribution in [-0.4, -0.2) is 43.8 Å². The molecule has 34 heavy (non-hydrogen) atoms. The molecule has 0 bridgehead atoms. The summed E-state index contributed by atoms with van der Waals surface area (Å²) in [6, 6.07) is 7.74. The summed E-state index contributed by atoms with van der Waals surface area (Å²) >= 11 is 0. The second-order valence-corrected chi connectivity index (χ2v) is 8.65. The van der Waals surface area contributed by atoms with E-state index in [0.29, 0.717) is 43.4 Å². The number of nitrogens with zero attached hydrogens (tertiary/aromatic N) is 7. The van der Waals surface area contributed by atoms with Crippen LogP contribution in [0.2, 0.25) is 0 Å². The Hall–Kier alpha value is -3.89. The Kier molecular flexibility index (Phi) is 6.80. The minimum atomic E-state index is -0.527. The van der Waals surface area contributed by atoms with Crippen LogP contribution in [0, 0.1) is 17.0 Å². The number of piperidine rings is 1. The number of hydrogen-bond acceptors (Lipinski definition) is 10. The van der Waals surface area contributed by atoms with Crippen LogP contribution < -0.4 is 9.74 Å². The maximum absolute atomic E-state index is 11.9. The standard InChI is InChI=1S/C23H27N7O4/c1-14(2)20-26-22(33-28-20)18-9-11-29(12-10-18)21-19(30(31)32)23(25-13-24-21)34-27-16(4)17-7-5-15(3)6-8-17/h5-8,13-14,18H,9-12H2,1-4H3. The molecule has 0 unspecified atom stereocenters. The van der Waals surface area contributed by atoms with Crippen LogP contribution in [0.4, 0.5) is 11.5 Å². The van der Waals surface area contributed by atoms with Gasteiger partial charge in [0.1, 0.15) is 6.33 Å². The van der Waals surface area contributed by atoms with E-state index in [9.17, 15) is 10.1 Å². The van der Waals surface area contributed by atoms with E-state index in [1.807, 2.05) is 49.9 Å². The van der Waals surface area contributed by atoms with Gasteiger partial charge in [0.05, 0.1) is 10.6 Å². The van der Waals surface area contributed by atoms with Gasteiger partial charge in [0.15, 0.2) is 5.82 Å². The molecule has 178 valence electrons. The van der Waals surface area contributed by atoms with E-state index >= 15 is 0 Å². The number of anilines is 1. The molecule has 1 saturated heterocycles. The predicted octanol–water partition coefficient (Wildman–Crippen LogP) is 4.39. The van der Waals surface area contributed by atoms with Gasteiger partial charge < -0.3 is 14.3 Å². The molecule has 0 aliphatic carbocycles. The molecule has 0 amide bonds. The van der Waals surface area contributed by atoms with Gasteiger partial charge in [0.2, 0.25) is 11.7 Å². The zero-order valence-electron chi connectivity index (χ0n) is 19.6. The predicted molar refractivity (Wildman–Crippen MR) is 125 cm³/mol. The van der Waals surface area contributed by atoms with E-state index in [1.165, 1.54) is 6.33 Å². The first-order valence-electron chi connectivity index (χ1n) is 11.2. The molecule has 2 aromatic heterocycles. The lowest BCUT2D eigenvalue weighted by Gasteiger charge is -2.30. The van der Waals surface area contributed by atoms with Gasteiger partial charge in [-0.2, -0.15) is 9.97 Å². The topological polar surface area (TPSA) is 133 Å². The summed E-state index contributed by atoms with van der Waals surface area (Å²) in [4.78, 5) is 31.4. The quantitative estimate of drug-likeness (QED) is 0.283. The molecule has 1 aliphatic heterocycles. The van der Waals surface area contributed by atoms with Crippen molar-refractivity contribution in [3.8, 4) is 5.88 Å². The van der Waals surface area contributed by atoms with Gasteiger partial charge >= 0.3 is 11.6 Å². The van der Waals surface area contributed by atoms with Crippen LogP contribution in [0.3, 0.4) is 0 Å². The first kappa shape index (κ1) is 23.3. The first-order chi connectivity index (χ1) is 16.3. The molecule has 0 spiro atoms. The number of aromatic nitrogens is 4. The summed E-state index contributed by atoms with van der Waals surface area (Å²) in [5, 5.41) is 20.0. The van der Waals surface area contributed by atoms with E-state index < -0.39 is 4.92 Å². The largest absolute Gasteiger partial charge is 0.375 e. The van der Waals surface area contributed by atoms with Crippen LogP contribution in [0.5, 0.6) is 5.88 Å². The number of oxime groups is 1. The van der Waals surface area contributed by atoms with Crippen LogP contribution in [0.25, 0.3) is 0 Å². The van der Waals surface area contributed by atoms with Crippen molar-refractivity contribution in [3.63, 3.8) is 0 Å². The van der Waals surface area contributed by atoms with Crippen molar-refractivity contribution in [2.45, 2.75) is 52.4 Å². The first-order valence-corrected chi connectivity index (χ1v) is 11.2. The van der Waals surface area contributed by atoms with Crippen molar-refractivity contribution in [2.24, 2.45) is 5.16 Å². The molecule has 11 heteroatoms. The molecule has 4 rings (SSSR count). The van der Waals surface area contributed by atoms with Crippen LogP contribution in [0.1, 0.15) is 68.3 Å². The molecule has 0 saturated carbocycles. The van der Waals surface area contributed by atoms with Crippen LogP contribution in [0.15, 0.2) is 40.3 Å². The number of aryl methyl sites for hydroxylation is 1. The molecule has 0 atom stereocenters. The van der Waals surface area contributed by atoms with E-state index in [4.69, 9.17) is 9.36 Å². The molecule has 11 nitrogen and oxygen atoms in total. The highest BCUT2D eigenvalue weighted by Crippen LogP contribution is 2.37. The Morgan fingerprint density at radius 3 is 2.56 bits per heavy atom. The molecule has 1 aliphatic rings. The smallest absolute Gasteiger partial charge is 0.351 e. The number of hydrogen-bond donors (Lipinski definition) is 0. The van der Waals surface area contributed by atoms with Crippen molar-refractivity contribution in [3.05, 3.63) is 63.5 Å². The Labute approximate surface area is 197 Å². The van der Waals surface area contributed by atoms with Gasteiger partial charge in [-0.1, -0.05) is 54.0 Å². The molecule has 3 heterocycles. The fraction of sp³-hybridized carbons (Fsp3) is 0.435. The second kappa shape index (κ2) is 9.94. The Bertz CT molecular complexity index is 1180. The highest BCUT2D eigenvalue weighted by atomic mass is 16.7. The maximum Gasteiger partial charge on any atom is 0.375 e. The lowest BCUT2D eigenvalue weighted by atomic mass is 9.96. The van der Waals surface area contributed by atoms with Crippen molar-refractivity contribution >= 4 is 17.2 Å². The highest BCUT2D eigenvalue weighted by Gasteiger charge is 2.33. The summed E-state index contributed by atoms with van der Waals surface area (Å²) in [6.45, 7) is 8.88. The Morgan fingerprint density at radius 2 is 1.94 bits per heavy atom. The lowest BCUT2D eigenvalue weighted by molar-refractivity contribution is -0.385. The summed E-state index contributed by atoms with van der Waals surface area (Å²) < 4.78 is 5.44. The summed E-state index contributed by atoms with van der Waals surface area (Å²) in [5.41, 5.74) is 2.25. The van der Waals surface area contributed by atoms with Gasteiger partial charge in [-0.15, -0.1) is 0 Å². The molecular formula is C23H27N7O4. The normalized spacial score (nSPS) is 15.1. The SMILES string of the molecule is CC(=NOc1ncnc(N2CCC(c3nc(C(C)C)no3)CC2)c1[N+](=O)[O-])c1ccc(C)cc1. The van der Waals surface area contributed by atoms with E-state index in [2.05, 4.69) is 25.3 Å². The third-order valence-electron chi connectivity index (χ3n) is 5.81. The van der Waals surface area contributed by atoms with Crippen molar-refractivity contribution in [2.75, 3.05) is 18.0 Å². The minimum absolute atomic E-state index is 0.106. The fourth-order valence-corrected chi connectivity index (χ4v) is 3.76. The highest BCUT2D eigenvalue weighted by molar-refractivity contribution is 5.98. The van der Waals surface area contributed by atoms with Gasteiger partial charge in [0, 0.05) is 24.9 Å². The van der Waals surface area contributed by atoms with Gasteiger partial charge in [-0.05, 0) is 32.3 Å². The molecule has 0 radical (unpaired) electrons. The average molecular weight is 466 g/mol. The van der Waals surface area contributed by atoms with E-state index in [-0.39, 0.29) is 29.2 Å². The molecule has 1 fully saturated rings. The minimum Gasteiger partial charge on any atom is -0.351 e.